The van der Waals surface area contributed by atoms with Crippen molar-refractivity contribution < 1.29 is 14.7 Å². The molecule has 1 atom stereocenters. The Bertz CT molecular complexity index is 586. The number of aliphatic carboxylic acids is 1. The molecule has 1 aromatic carbocycles. The number of carboxylic acids is 1. The summed E-state index contributed by atoms with van der Waals surface area (Å²) in [6.45, 7) is 0. The van der Waals surface area contributed by atoms with E-state index in [4.69, 9.17) is 5.26 Å². The minimum absolute atomic E-state index is 0.121. The first-order valence-electron chi connectivity index (χ1n) is 7.60. The highest BCUT2D eigenvalue weighted by atomic mass is 16.4. The van der Waals surface area contributed by atoms with E-state index in [-0.39, 0.29) is 12.3 Å². The van der Waals surface area contributed by atoms with Crippen LogP contribution in [0.4, 0.5) is 0 Å². The van der Waals surface area contributed by atoms with E-state index in [0.29, 0.717) is 23.5 Å². The van der Waals surface area contributed by atoms with Crippen LogP contribution in [0.15, 0.2) is 24.3 Å². The maximum atomic E-state index is 12.0. The van der Waals surface area contributed by atoms with Gasteiger partial charge in [-0.05, 0) is 30.4 Å². The molecule has 0 heterocycles. The zero-order valence-electron chi connectivity index (χ0n) is 12.4. The van der Waals surface area contributed by atoms with E-state index in [1.807, 2.05) is 6.07 Å². The molecule has 1 fully saturated rings. The summed E-state index contributed by atoms with van der Waals surface area (Å²) in [5, 5.41) is 21.0. The van der Waals surface area contributed by atoms with Crippen LogP contribution in [0.5, 0.6) is 0 Å². The van der Waals surface area contributed by atoms with Gasteiger partial charge in [0.25, 0.3) is 0 Å². The van der Waals surface area contributed by atoms with Crippen molar-refractivity contribution in [2.45, 2.75) is 44.6 Å². The van der Waals surface area contributed by atoms with E-state index in [9.17, 15) is 14.7 Å². The Morgan fingerprint density at radius 2 is 2.00 bits per heavy atom. The van der Waals surface area contributed by atoms with E-state index in [0.717, 1.165) is 25.7 Å². The van der Waals surface area contributed by atoms with Crippen molar-refractivity contribution in [1.82, 2.24) is 5.32 Å². The van der Waals surface area contributed by atoms with Gasteiger partial charge in [-0.25, -0.2) is 4.79 Å². The van der Waals surface area contributed by atoms with E-state index in [2.05, 4.69) is 5.32 Å². The summed E-state index contributed by atoms with van der Waals surface area (Å²) < 4.78 is 0. The number of hydrogen-bond acceptors (Lipinski definition) is 3. The second-order valence-electron chi connectivity index (χ2n) is 5.79. The molecule has 2 N–H and O–H groups in total. The lowest BCUT2D eigenvalue weighted by Gasteiger charge is -2.17. The van der Waals surface area contributed by atoms with Gasteiger partial charge in [0.2, 0.25) is 5.91 Å². The van der Waals surface area contributed by atoms with Crippen LogP contribution >= 0.6 is 0 Å². The Labute approximate surface area is 129 Å². The zero-order valence-corrected chi connectivity index (χ0v) is 12.4. The first kappa shape index (κ1) is 16.0. The van der Waals surface area contributed by atoms with Crippen LogP contribution in [0.2, 0.25) is 0 Å². The molecule has 2 rings (SSSR count). The maximum absolute atomic E-state index is 12.0. The van der Waals surface area contributed by atoms with Crippen molar-refractivity contribution in [3.8, 4) is 6.07 Å². The van der Waals surface area contributed by atoms with Crippen LogP contribution in [0, 0.1) is 17.2 Å². The van der Waals surface area contributed by atoms with Crippen LogP contribution in [0.1, 0.15) is 43.2 Å². The first-order valence-corrected chi connectivity index (χ1v) is 7.60. The normalized spacial score (nSPS) is 16.0. The summed E-state index contributed by atoms with van der Waals surface area (Å²) in [6.07, 6.45) is 4.90. The summed E-state index contributed by atoms with van der Waals surface area (Å²) in [5.41, 5.74) is 1.08. The van der Waals surface area contributed by atoms with Crippen molar-refractivity contribution >= 4 is 11.9 Å². The highest BCUT2D eigenvalue weighted by Crippen LogP contribution is 2.27. The van der Waals surface area contributed by atoms with Gasteiger partial charge in [0.15, 0.2) is 0 Å². The lowest BCUT2D eigenvalue weighted by atomic mass is 9.99. The summed E-state index contributed by atoms with van der Waals surface area (Å²) in [6, 6.07) is 7.91. The Hall–Kier alpha value is -2.35. The highest BCUT2D eigenvalue weighted by molar-refractivity contribution is 5.84. The van der Waals surface area contributed by atoms with Crippen LogP contribution in [-0.2, 0) is 16.0 Å². The largest absolute Gasteiger partial charge is 0.480 e. The molecule has 0 radical (unpaired) electrons. The predicted octanol–water partition coefficient (Wildman–Crippen LogP) is 2.25. The molecule has 0 unspecified atom stereocenters. The molecule has 0 aromatic heterocycles. The minimum Gasteiger partial charge on any atom is -0.480 e. The smallest absolute Gasteiger partial charge is 0.326 e. The number of nitriles is 1. The molecule has 5 heteroatoms. The highest BCUT2D eigenvalue weighted by Gasteiger charge is 2.24. The van der Waals surface area contributed by atoms with Crippen LogP contribution in [0.25, 0.3) is 0 Å². The fourth-order valence-electron chi connectivity index (χ4n) is 2.96. The van der Waals surface area contributed by atoms with Crippen molar-refractivity contribution in [2.75, 3.05) is 0 Å². The molecule has 22 heavy (non-hydrogen) atoms. The number of nitrogens with zero attached hydrogens (tertiary/aromatic N) is 1. The quantitative estimate of drug-likeness (QED) is 0.843. The average molecular weight is 300 g/mol. The van der Waals surface area contributed by atoms with Gasteiger partial charge in [0, 0.05) is 12.8 Å². The Morgan fingerprint density at radius 1 is 1.32 bits per heavy atom. The SMILES string of the molecule is N#Cc1ccccc1C[C@@H](NC(=O)CC1CCCC1)C(=O)O. The number of nitrogens with one attached hydrogen (secondary N) is 1. The molecule has 0 bridgehead atoms. The molecule has 116 valence electrons. The van der Waals surface area contributed by atoms with Gasteiger partial charge in [0.05, 0.1) is 11.6 Å². The molecule has 1 saturated carbocycles. The predicted molar refractivity (Wildman–Crippen MR) is 81.0 cm³/mol. The second-order valence-corrected chi connectivity index (χ2v) is 5.79. The van der Waals surface area contributed by atoms with Gasteiger partial charge < -0.3 is 10.4 Å². The third-order valence-corrected chi connectivity index (χ3v) is 4.14. The zero-order chi connectivity index (χ0) is 15.9. The number of carboxylic acid groups (broad SMARTS) is 1. The standard InChI is InChI=1S/C17H20N2O3/c18-11-14-8-4-3-7-13(14)10-15(17(21)22)19-16(20)9-12-5-1-2-6-12/h3-4,7-8,12,15H,1-2,5-6,9-10H2,(H,19,20)(H,21,22)/t15-/m1/s1. The first-order chi connectivity index (χ1) is 10.6. The molecule has 1 aliphatic carbocycles. The third-order valence-electron chi connectivity index (χ3n) is 4.14. The topological polar surface area (TPSA) is 90.2 Å². The number of carbonyl (C=O) groups is 2. The summed E-state index contributed by atoms with van der Waals surface area (Å²) in [4.78, 5) is 23.4. The van der Waals surface area contributed by atoms with Gasteiger partial charge in [-0.2, -0.15) is 5.26 Å². The molecule has 1 aliphatic rings. The molecule has 0 spiro atoms. The number of carbonyl (C=O) groups excluding carboxylic acids is 1. The van der Waals surface area contributed by atoms with Gasteiger partial charge in [0.1, 0.15) is 6.04 Å². The van der Waals surface area contributed by atoms with Gasteiger partial charge >= 0.3 is 5.97 Å². The van der Waals surface area contributed by atoms with E-state index < -0.39 is 12.0 Å². The number of benzene rings is 1. The summed E-state index contributed by atoms with van der Waals surface area (Å²) in [7, 11) is 0. The molecular weight excluding hydrogens is 280 g/mol. The minimum atomic E-state index is -1.08. The summed E-state index contributed by atoms with van der Waals surface area (Å²) in [5.74, 6) is -0.915. The van der Waals surface area contributed by atoms with E-state index in [1.54, 1.807) is 24.3 Å². The number of rotatable bonds is 6. The number of amides is 1. The molecule has 5 nitrogen and oxygen atoms in total. The maximum Gasteiger partial charge on any atom is 0.326 e. The monoisotopic (exact) mass is 300 g/mol. The van der Waals surface area contributed by atoms with Crippen molar-refractivity contribution in [1.29, 1.82) is 5.26 Å². The van der Waals surface area contributed by atoms with Crippen molar-refractivity contribution in [2.24, 2.45) is 5.92 Å². The molecule has 1 amide bonds. The Morgan fingerprint density at radius 3 is 2.64 bits per heavy atom. The average Bonchev–Trinajstić information content (AvgIpc) is 2.99. The van der Waals surface area contributed by atoms with E-state index in [1.165, 1.54) is 0 Å². The lowest BCUT2D eigenvalue weighted by Crippen LogP contribution is -2.42. The van der Waals surface area contributed by atoms with E-state index >= 15 is 0 Å². The van der Waals surface area contributed by atoms with Crippen LogP contribution < -0.4 is 5.32 Å². The van der Waals surface area contributed by atoms with Gasteiger partial charge in [-0.3, -0.25) is 4.79 Å². The van der Waals surface area contributed by atoms with Gasteiger partial charge in [-0.15, -0.1) is 0 Å². The van der Waals surface area contributed by atoms with Gasteiger partial charge in [-0.1, -0.05) is 31.0 Å². The molecule has 0 aliphatic heterocycles. The third kappa shape index (κ3) is 4.32. The molecule has 0 saturated heterocycles. The Balaban J connectivity index is 1.99. The summed E-state index contributed by atoms with van der Waals surface area (Å²) >= 11 is 0. The van der Waals surface area contributed by atoms with Crippen LogP contribution in [0.3, 0.4) is 0 Å². The number of hydrogen-bond donors (Lipinski definition) is 2. The fourth-order valence-corrected chi connectivity index (χ4v) is 2.96. The van der Waals surface area contributed by atoms with Crippen LogP contribution in [-0.4, -0.2) is 23.0 Å². The fraction of sp³-hybridized carbons (Fsp3) is 0.471. The second kappa shape index (κ2) is 7.60. The Kier molecular flexibility index (Phi) is 5.54. The molecule has 1 aromatic rings. The van der Waals surface area contributed by atoms with Crippen molar-refractivity contribution in [3.05, 3.63) is 35.4 Å². The molecular formula is C17H20N2O3. The van der Waals surface area contributed by atoms with Crippen molar-refractivity contribution in [3.63, 3.8) is 0 Å². The lowest BCUT2D eigenvalue weighted by molar-refractivity contribution is -0.141.